The summed E-state index contributed by atoms with van der Waals surface area (Å²) in [6.45, 7) is 7.22. The summed E-state index contributed by atoms with van der Waals surface area (Å²) in [5, 5.41) is 9.21. The molecule has 0 bridgehead atoms. The average Bonchev–Trinajstić information content (AvgIpc) is 3.24. The molecule has 0 radical (unpaired) electrons. The molecule has 174 valence electrons. The number of nitriles is 1. The third kappa shape index (κ3) is 5.88. The topological polar surface area (TPSA) is 101 Å². The molecule has 1 aliphatic heterocycles. The first-order chi connectivity index (χ1) is 16.2. The maximum absolute atomic E-state index is 9.21. The van der Waals surface area contributed by atoms with Gasteiger partial charge in [-0.2, -0.15) is 5.26 Å². The Morgan fingerprint density at radius 3 is 2.64 bits per heavy atom. The number of benzene rings is 1. The monoisotopic (exact) mass is 446 g/mol. The molecule has 2 aromatic heterocycles. The van der Waals surface area contributed by atoms with Crippen molar-refractivity contribution in [3.05, 3.63) is 53.5 Å². The SMILES string of the molecule is CN1CCN(c2ccnc3nc(CN(CCCCN)Cc4ccccc4CC#N)[nH]c23)CC1. The molecule has 1 aliphatic rings. The van der Waals surface area contributed by atoms with Gasteiger partial charge in [-0.15, -0.1) is 0 Å². The van der Waals surface area contributed by atoms with Crippen LogP contribution in [0.15, 0.2) is 36.5 Å². The first-order valence-electron chi connectivity index (χ1n) is 11.8. The van der Waals surface area contributed by atoms with Crippen LogP contribution in [0.5, 0.6) is 0 Å². The average molecular weight is 447 g/mol. The van der Waals surface area contributed by atoms with Gasteiger partial charge in [-0.3, -0.25) is 4.90 Å². The number of nitrogens with one attached hydrogen (secondary N) is 1. The molecule has 3 aromatic rings. The zero-order valence-electron chi connectivity index (χ0n) is 19.5. The van der Waals surface area contributed by atoms with Crippen molar-refractivity contribution in [2.75, 3.05) is 51.2 Å². The van der Waals surface area contributed by atoms with Crippen LogP contribution in [0.4, 0.5) is 5.69 Å². The number of nitrogens with zero attached hydrogens (tertiary/aromatic N) is 6. The van der Waals surface area contributed by atoms with Gasteiger partial charge >= 0.3 is 0 Å². The van der Waals surface area contributed by atoms with E-state index in [0.717, 1.165) is 74.7 Å². The van der Waals surface area contributed by atoms with Crippen LogP contribution in [0, 0.1) is 11.3 Å². The first kappa shape index (κ1) is 23.2. The van der Waals surface area contributed by atoms with Crippen LogP contribution in [0.3, 0.4) is 0 Å². The Hall–Kier alpha value is -2.99. The third-order valence-electron chi connectivity index (χ3n) is 6.35. The van der Waals surface area contributed by atoms with E-state index < -0.39 is 0 Å². The second-order valence-electron chi connectivity index (χ2n) is 8.81. The Bertz CT molecular complexity index is 1080. The number of hydrogen-bond acceptors (Lipinski definition) is 7. The van der Waals surface area contributed by atoms with Crippen LogP contribution < -0.4 is 10.6 Å². The van der Waals surface area contributed by atoms with E-state index in [1.54, 1.807) is 0 Å². The number of imidazole rings is 1. The predicted octanol–water partition coefficient (Wildman–Crippen LogP) is 2.52. The van der Waals surface area contributed by atoms with Crippen molar-refractivity contribution in [2.45, 2.75) is 32.4 Å². The Labute approximate surface area is 196 Å². The molecule has 0 atom stereocenters. The van der Waals surface area contributed by atoms with Crippen LogP contribution in [0.2, 0.25) is 0 Å². The molecule has 0 amide bonds. The standard InChI is InChI=1S/C25H34N8/c1-31-14-16-33(17-15-31)22-9-12-28-25-24(22)29-23(30-25)19-32(13-5-4-10-26)18-21-7-3-2-6-20(21)8-11-27/h2-3,6-7,9,12H,4-5,8,10,13-19,26H2,1H3,(H,28,29,30). The predicted molar refractivity (Wildman–Crippen MR) is 132 cm³/mol. The van der Waals surface area contributed by atoms with Crippen LogP contribution in [-0.4, -0.2) is 71.1 Å². The van der Waals surface area contributed by atoms with Gasteiger partial charge in [0.15, 0.2) is 5.65 Å². The number of aromatic nitrogens is 3. The fourth-order valence-electron chi connectivity index (χ4n) is 4.45. The Morgan fingerprint density at radius 1 is 1.09 bits per heavy atom. The molecule has 0 unspecified atom stereocenters. The lowest BCUT2D eigenvalue weighted by Crippen LogP contribution is -2.44. The Morgan fingerprint density at radius 2 is 1.88 bits per heavy atom. The highest BCUT2D eigenvalue weighted by Crippen LogP contribution is 2.25. The summed E-state index contributed by atoms with van der Waals surface area (Å²) in [6, 6.07) is 12.6. The maximum Gasteiger partial charge on any atom is 0.179 e. The number of likely N-dealkylation sites (N-methyl/N-ethyl adjacent to an activating group) is 1. The summed E-state index contributed by atoms with van der Waals surface area (Å²) < 4.78 is 0. The number of aromatic amines is 1. The van der Waals surface area contributed by atoms with E-state index in [4.69, 9.17) is 10.7 Å². The molecule has 1 fully saturated rings. The van der Waals surface area contributed by atoms with Crippen molar-refractivity contribution in [3.8, 4) is 6.07 Å². The summed E-state index contributed by atoms with van der Waals surface area (Å²) in [4.78, 5) is 20.1. The number of piperazine rings is 1. The molecule has 3 N–H and O–H groups in total. The van der Waals surface area contributed by atoms with Gasteiger partial charge < -0.3 is 20.5 Å². The lowest BCUT2D eigenvalue weighted by atomic mass is 10.0. The number of hydrogen-bond donors (Lipinski definition) is 2. The highest BCUT2D eigenvalue weighted by molar-refractivity contribution is 5.86. The van der Waals surface area contributed by atoms with Crippen molar-refractivity contribution in [2.24, 2.45) is 5.73 Å². The normalized spacial score (nSPS) is 14.8. The van der Waals surface area contributed by atoms with E-state index in [9.17, 15) is 5.26 Å². The van der Waals surface area contributed by atoms with Crippen LogP contribution >= 0.6 is 0 Å². The van der Waals surface area contributed by atoms with Gasteiger partial charge in [-0.05, 0) is 50.2 Å². The van der Waals surface area contributed by atoms with Gasteiger partial charge in [0.1, 0.15) is 11.3 Å². The van der Waals surface area contributed by atoms with Crippen LogP contribution in [-0.2, 0) is 19.5 Å². The second kappa shape index (κ2) is 11.2. The summed E-state index contributed by atoms with van der Waals surface area (Å²) in [5.41, 5.74) is 11.0. The van der Waals surface area contributed by atoms with Crippen LogP contribution in [0.1, 0.15) is 29.8 Å². The lowest BCUT2D eigenvalue weighted by Gasteiger charge is -2.34. The van der Waals surface area contributed by atoms with Crippen molar-refractivity contribution in [1.29, 1.82) is 5.26 Å². The number of anilines is 1. The molecule has 0 aliphatic carbocycles. The van der Waals surface area contributed by atoms with Gasteiger partial charge in [0, 0.05) is 38.9 Å². The maximum atomic E-state index is 9.21. The van der Waals surface area contributed by atoms with E-state index in [1.807, 2.05) is 24.4 Å². The molecule has 1 saturated heterocycles. The number of fused-ring (bicyclic) bond motifs is 1. The number of H-pyrrole nitrogens is 1. The molecule has 0 saturated carbocycles. The Kier molecular flexibility index (Phi) is 7.89. The van der Waals surface area contributed by atoms with E-state index >= 15 is 0 Å². The molecule has 33 heavy (non-hydrogen) atoms. The molecule has 3 heterocycles. The van der Waals surface area contributed by atoms with E-state index in [0.29, 0.717) is 19.5 Å². The molecule has 1 aromatic carbocycles. The summed E-state index contributed by atoms with van der Waals surface area (Å²) in [7, 11) is 2.17. The summed E-state index contributed by atoms with van der Waals surface area (Å²) >= 11 is 0. The molecular weight excluding hydrogens is 412 g/mol. The van der Waals surface area contributed by atoms with Crippen molar-refractivity contribution >= 4 is 16.9 Å². The molecule has 8 nitrogen and oxygen atoms in total. The number of nitrogens with two attached hydrogens (primary N) is 1. The first-order valence-corrected chi connectivity index (χ1v) is 11.8. The minimum absolute atomic E-state index is 0.426. The van der Waals surface area contributed by atoms with Crippen molar-refractivity contribution in [1.82, 2.24) is 24.8 Å². The highest BCUT2D eigenvalue weighted by atomic mass is 15.3. The third-order valence-corrected chi connectivity index (χ3v) is 6.35. The zero-order valence-corrected chi connectivity index (χ0v) is 19.5. The largest absolute Gasteiger partial charge is 0.367 e. The smallest absolute Gasteiger partial charge is 0.179 e. The number of rotatable bonds is 10. The number of unbranched alkanes of at least 4 members (excludes halogenated alkanes) is 1. The van der Waals surface area contributed by atoms with Crippen molar-refractivity contribution < 1.29 is 0 Å². The zero-order chi connectivity index (χ0) is 23.0. The number of pyridine rings is 1. The van der Waals surface area contributed by atoms with Gasteiger partial charge in [0.05, 0.1) is 24.7 Å². The molecule has 0 spiro atoms. The minimum Gasteiger partial charge on any atom is -0.367 e. The summed E-state index contributed by atoms with van der Waals surface area (Å²) in [6.07, 6.45) is 4.31. The van der Waals surface area contributed by atoms with Crippen LogP contribution in [0.25, 0.3) is 11.2 Å². The van der Waals surface area contributed by atoms with Gasteiger partial charge in [0.2, 0.25) is 0 Å². The van der Waals surface area contributed by atoms with Gasteiger partial charge in [0.25, 0.3) is 0 Å². The van der Waals surface area contributed by atoms with Gasteiger partial charge in [-0.25, -0.2) is 9.97 Å². The summed E-state index contributed by atoms with van der Waals surface area (Å²) in [5.74, 6) is 0.921. The fraction of sp³-hybridized carbons (Fsp3) is 0.480. The van der Waals surface area contributed by atoms with E-state index in [-0.39, 0.29) is 0 Å². The lowest BCUT2D eigenvalue weighted by molar-refractivity contribution is 0.246. The van der Waals surface area contributed by atoms with E-state index in [2.05, 4.69) is 49.9 Å². The molecule has 4 rings (SSSR count). The molecule has 8 heteroatoms. The quantitative estimate of drug-likeness (QED) is 0.462. The second-order valence-corrected chi connectivity index (χ2v) is 8.81. The fourth-order valence-corrected chi connectivity index (χ4v) is 4.45. The highest BCUT2D eigenvalue weighted by Gasteiger charge is 2.19. The Balaban J connectivity index is 1.55. The van der Waals surface area contributed by atoms with Crippen molar-refractivity contribution in [3.63, 3.8) is 0 Å². The minimum atomic E-state index is 0.426. The van der Waals surface area contributed by atoms with E-state index in [1.165, 1.54) is 11.3 Å². The molecular formula is C25H34N8. The van der Waals surface area contributed by atoms with Gasteiger partial charge in [-0.1, -0.05) is 24.3 Å².